The van der Waals surface area contributed by atoms with Crippen LogP contribution in [0.15, 0.2) is 78.9 Å². The molecule has 2 heterocycles. The van der Waals surface area contributed by atoms with Crippen molar-refractivity contribution in [3.05, 3.63) is 90.1 Å². The highest BCUT2D eigenvalue weighted by Crippen LogP contribution is 2.32. The minimum Gasteiger partial charge on any atom is -0.497 e. The smallest absolute Gasteiger partial charge is 0.416 e. The molecule has 5 rings (SSSR count). The Bertz CT molecular complexity index is 1420. The van der Waals surface area contributed by atoms with E-state index in [1.807, 2.05) is 48.5 Å². The van der Waals surface area contributed by atoms with E-state index < -0.39 is 11.7 Å². The van der Waals surface area contributed by atoms with Crippen molar-refractivity contribution in [1.82, 2.24) is 14.7 Å². The van der Waals surface area contributed by atoms with E-state index in [0.29, 0.717) is 60.3 Å². The number of hydrogen-bond donors (Lipinski definition) is 0. The van der Waals surface area contributed by atoms with E-state index in [2.05, 4.69) is 10.00 Å². The molecule has 0 saturated carbocycles. The van der Waals surface area contributed by atoms with Crippen LogP contribution in [-0.2, 0) is 6.18 Å². The molecule has 1 aliphatic heterocycles. The van der Waals surface area contributed by atoms with Crippen LogP contribution >= 0.6 is 0 Å². The molecule has 1 amide bonds. The third-order valence-corrected chi connectivity index (χ3v) is 6.71. The number of carbonyl (C=O) groups excluding carboxylic acids is 1. The van der Waals surface area contributed by atoms with Crippen LogP contribution in [0.3, 0.4) is 0 Å². The number of methoxy groups -OCH3 is 2. The van der Waals surface area contributed by atoms with Gasteiger partial charge in [-0.15, -0.1) is 0 Å². The lowest BCUT2D eigenvalue weighted by Crippen LogP contribution is -2.49. The predicted molar refractivity (Wildman–Crippen MR) is 142 cm³/mol. The maximum Gasteiger partial charge on any atom is 0.416 e. The average molecular weight is 537 g/mol. The molecule has 0 bridgehead atoms. The Hall–Kier alpha value is -4.47. The van der Waals surface area contributed by atoms with Crippen molar-refractivity contribution >= 4 is 11.6 Å². The summed E-state index contributed by atoms with van der Waals surface area (Å²) < 4.78 is 51.5. The molecule has 4 aromatic rings. The van der Waals surface area contributed by atoms with Crippen LogP contribution in [0.5, 0.6) is 11.5 Å². The molecule has 3 aromatic carbocycles. The predicted octanol–water partition coefficient (Wildman–Crippen LogP) is 5.54. The summed E-state index contributed by atoms with van der Waals surface area (Å²) >= 11 is 0. The zero-order chi connectivity index (χ0) is 27.6. The molecule has 1 aromatic heterocycles. The molecule has 39 heavy (non-hydrogen) atoms. The summed E-state index contributed by atoms with van der Waals surface area (Å²) in [6.07, 6.45) is -4.43. The molecule has 202 valence electrons. The van der Waals surface area contributed by atoms with Gasteiger partial charge in [-0.2, -0.15) is 18.3 Å². The van der Waals surface area contributed by atoms with E-state index in [1.54, 1.807) is 29.9 Å². The van der Waals surface area contributed by atoms with Gasteiger partial charge >= 0.3 is 6.18 Å². The van der Waals surface area contributed by atoms with E-state index in [1.165, 1.54) is 12.1 Å². The average Bonchev–Trinajstić information content (AvgIpc) is 3.42. The van der Waals surface area contributed by atoms with Gasteiger partial charge in [0.05, 0.1) is 31.2 Å². The Balaban J connectivity index is 1.40. The van der Waals surface area contributed by atoms with Gasteiger partial charge in [-0.3, -0.25) is 4.79 Å². The van der Waals surface area contributed by atoms with E-state index in [-0.39, 0.29) is 5.91 Å². The molecule has 0 spiro atoms. The zero-order valence-corrected chi connectivity index (χ0v) is 21.5. The summed E-state index contributed by atoms with van der Waals surface area (Å²) in [7, 11) is 3.20. The topological polar surface area (TPSA) is 59.8 Å². The van der Waals surface area contributed by atoms with Crippen molar-refractivity contribution in [2.45, 2.75) is 6.18 Å². The van der Waals surface area contributed by atoms with Crippen molar-refractivity contribution in [2.75, 3.05) is 45.3 Å². The summed E-state index contributed by atoms with van der Waals surface area (Å²) in [5.41, 5.74) is 2.13. The number of anilines is 1. The number of piperazine rings is 1. The molecule has 0 radical (unpaired) electrons. The monoisotopic (exact) mass is 536 g/mol. The summed E-state index contributed by atoms with van der Waals surface area (Å²) in [4.78, 5) is 17.7. The molecule has 1 saturated heterocycles. The standard InChI is InChI=1S/C29H27F3N4O3/c1-38-24-16-23(17-25(18-24)39-2)34-12-14-35(15-13-34)28(37)27-19-26(33-36(27)22-6-4-3-5-7-22)20-8-10-21(11-9-20)29(30,31)32/h3-11,16-19H,12-15H2,1-2H3. The van der Waals surface area contributed by atoms with E-state index >= 15 is 0 Å². The Morgan fingerprint density at radius 3 is 1.97 bits per heavy atom. The second-order valence-corrected chi connectivity index (χ2v) is 9.09. The van der Waals surface area contributed by atoms with Crippen molar-refractivity contribution in [1.29, 1.82) is 0 Å². The number of nitrogens with zero attached hydrogens (tertiary/aromatic N) is 4. The first-order valence-electron chi connectivity index (χ1n) is 12.4. The number of rotatable bonds is 6. The van der Waals surface area contributed by atoms with Gasteiger partial charge in [-0.1, -0.05) is 30.3 Å². The maximum absolute atomic E-state index is 13.7. The number of carbonyl (C=O) groups is 1. The highest BCUT2D eigenvalue weighted by Gasteiger charge is 2.31. The lowest BCUT2D eigenvalue weighted by molar-refractivity contribution is -0.137. The number of alkyl halides is 3. The minimum atomic E-state index is -4.43. The van der Waals surface area contributed by atoms with E-state index in [9.17, 15) is 18.0 Å². The molecule has 0 aliphatic carbocycles. The van der Waals surface area contributed by atoms with Gasteiger partial charge in [0.1, 0.15) is 17.2 Å². The fourth-order valence-electron chi connectivity index (χ4n) is 4.58. The number of ether oxygens (including phenoxy) is 2. The number of halogens is 3. The van der Waals surface area contributed by atoms with Gasteiger partial charge in [-0.05, 0) is 30.3 Å². The van der Waals surface area contributed by atoms with Crippen LogP contribution in [0.1, 0.15) is 16.1 Å². The first kappa shape index (κ1) is 26.1. The van der Waals surface area contributed by atoms with Crippen LogP contribution in [-0.4, -0.2) is 61.0 Å². The van der Waals surface area contributed by atoms with Crippen LogP contribution in [0, 0.1) is 0 Å². The van der Waals surface area contributed by atoms with Gasteiger partial charge in [0, 0.05) is 55.6 Å². The number of hydrogen-bond acceptors (Lipinski definition) is 5. The molecule has 1 aliphatic rings. The molecule has 0 N–H and O–H groups in total. The molecule has 0 unspecified atom stereocenters. The van der Waals surface area contributed by atoms with Gasteiger partial charge in [0.15, 0.2) is 0 Å². The maximum atomic E-state index is 13.7. The Morgan fingerprint density at radius 2 is 1.41 bits per heavy atom. The molecule has 1 fully saturated rings. The second-order valence-electron chi connectivity index (χ2n) is 9.09. The summed E-state index contributed by atoms with van der Waals surface area (Å²) in [5.74, 6) is 1.17. The number of benzene rings is 3. The minimum absolute atomic E-state index is 0.201. The van der Waals surface area contributed by atoms with Crippen LogP contribution in [0.2, 0.25) is 0 Å². The van der Waals surface area contributed by atoms with Crippen molar-refractivity contribution < 1.29 is 27.4 Å². The third-order valence-electron chi connectivity index (χ3n) is 6.71. The first-order chi connectivity index (χ1) is 18.8. The molecule has 7 nitrogen and oxygen atoms in total. The zero-order valence-electron chi connectivity index (χ0n) is 21.5. The van der Waals surface area contributed by atoms with Gasteiger partial charge in [0.25, 0.3) is 5.91 Å². The molecule has 0 atom stereocenters. The van der Waals surface area contributed by atoms with Gasteiger partial charge in [0.2, 0.25) is 0 Å². The highest BCUT2D eigenvalue weighted by atomic mass is 19.4. The lowest BCUT2D eigenvalue weighted by Gasteiger charge is -2.36. The van der Waals surface area contributed by atoms with Crippen molar-refractivity contribution in [3.8, 4) is 28.4 Å². The normalized spacial score (nSPS) is 13.9. The summed E-state index contributed by atoms with van der Waals surface area (Å²) in [6.45, 7) is 2.17. The van der Waals surface area contributed by atoms with Crippen molar-refractivity contribution in [3.63, 3.8) is 0 Å². The van der Waals surface area contributed by atoms with Crippen LogP contribution in [0.25, 0.3) is 16.9 Å². The largest absolute Gasteiger partial charge is 0.497 e. The number of aromatic nitrogens is 2. The Kier molecular flexibility index (Phi) is 7.19. The Labute approximate surface area is 224 Å². The lowest BCUT2D eigenvalue weighted by atomic mass is 10.1. The quantitative estimate of drug-likeness (QED) is 0.324. The van der Waals surface area contributed by atoms with Crippen LogP contribution in [0.4, 0.5) is 18.9 Å². The SMILES string of the molecule is COc1cc(OC)cc(N2CCN(C(=O)c3cc(-c4ccc(C(F)(F)F)cc4)nn3-c3ccccc3)CC2)c1. The van der Waals surface area contributed by atoms with Gasteiger partial charge < -0.3 is 19.3 Å². The van der Waals surface area contributed by atoms with Crippen LogP contribution < -0.4 is 14.4 Å². The summed E-state index contributed by atoms with van der Waals surface area (Å²) in [5, 5.41) is 4.61. The molecular weight excluding hydrogens is 509 g/mol. The van der Waals surface area contributed by atoms with Gasteiger partial charge in [-0.25, -0.2) is 4.68 Å². The second kappa shape index (κ2) is 10.7. The number of amides is 1. The third kappa shape index (κ3) is 5.55. The fourth-order valence-corrected chi connectivity index (χ4v) is 4.58. The Morgan fingerprint density at radius 1 is 0.795 bits per heavy atom. The molecule has 10 heteroatoms. The number of para-hydroxylation sites is 1. The van der Waals surface area contributed by atoms with E-state index in [0.717, 1.165) is 17.8 Å². The van der Waals surface area contributed by atoms with Crippen molar-refractivity contribution in [2.24, 2.45) is 0 Å². The van der Waals surface area contributed by atoms with E-state index in [4.69, 9.17) is 9.47 Å². The molecular formula is C29H27F3N4O3. The summed E-state index contributed by atoms with van der Waals surface area (Å²) in [6, 6.07) is 21.3. The fraction of sp³-hybridized carbons (Fsp3) is 0.241. The first-order valence-corrected chi connectivity index (χ1v) is 12.4. The highest BCUT2D eigenvalue weighted by molar-refractivity contribution is 5.94.